The molecule has 5 heteroatoms. The lowest BCUT2D eigenvalue weighted by molar-refractivity contribution is -0.0498. The molecule has 0 saturated carbocycles. The fourth-order valence-corrected chi connectivity index (χ4v) is 2.04. The van der Waals surface area contributed by atoms with Crippen molar-refractivity contribution in [2.45, 2.75) is 26.5 Å². The van der Waals surface area contributed by atoms with Crippen LogP contribution in [-0.4, -0.2) is 13.2 Å². The number of rotatable bonds is 6. The molecule has 0 radical (unpaired) electrons. The lowest BCUT2D eigenvalue weighted by Crippen LogP contribution is -2.21. The first-order valence-corrected chi connectivity index (χ1v) is 6.44. The normalized spacial score (nSPS) is 12.7. The van der Waals surface area contributed by atoms with Crippen LogP contribution in [0.2, 0.25) is 0 Å². The molecule has 0 amide bonds. The summed E-state index contributed by atoms with van der Waals surface area (Å²) in [6.07, 6.45) is 0. The van der Waals surface area contributed by atoms with Gasteiger partial charge in [0, 0.05) is 0 Å². The molecular weight excluding hydrogens is 264 g/mol. The number of nitrogens with one attached hydrogen (secondary N) is 1. The predicted molar refractivity (Wildman–Crippen MR) is 72.0 cm³/mol. The summed E-state index contributed by atoms with van der Waals surface area (Å²) in [6.45, 7) is 1.83. The van der Waals surface area contributed by atoms with Gasteiger partial charge < -0.3 is 14.5 Å². The molecular formula is C15H17F2NO2. The molecule has 1 aromatic carbocycles. The topological polar surface area (TPSA) is 34.4 Å². The molecule has 20 heavy (non-hydrogen) atoms. The highest BCUT2D eigenvalue weighted by molar-refractivity contribution is 5.33. The lowest BCUT2D eigenvalue weighted by Gasteiger charge is -2.16. The molecule has 2 aromatic rings. The van der Waals surface area contributed by atoms with Crippen LogP contribution in [0.1, 0.15) is 30.0 Å². The van der Waals surface area contributed by atoms with Crippen molar-refractivity contribution in [3.8, 4) is 5.75 Å². The average molecular weight is 281 g/mol. The molecule has 2 rings (SSSR count). The molecule has 0 bridgehead atoms. The zero-order valence-electron chi connectivity index (χ0n) is 11.4. The number of alkyl halides is 2. The van der Waals surface area contributed by atoms with Crippen molar-refractivity contribution in [1.82, 2.24) is 5.32 Å². The molecule has 0 aliphatic heterocycles. The Balaban J connectivity index is 2.21. The number of aryl methyl sites for hydroxylation is 1. The van der Waals surface area contributed by atoms with Crippen LogP contribution in [0.15, 0.2) is 40.8 Å². The lowest BCUT2D eigenvalue weighted by atomic mass is 10.0. The van der Waals surface area contributed by atoms with Crippen molar-refractivity contribution >= 4 is 0 Å². The van der Waals surface area contributed by atoms with E-state index in [0.29, 0.717) is 0 Å². The summed E-state index contributed by atoms with van der Waals surface area (Å²) in [4.78, 5) is 0. The zero-order valence-corrected chi connectivity index (χ0v) is 11.4. The van der Waals surface area contributed by atoms with Crippen LogP contribution in [0.5, 0.6) is 5.75 Å². The van der Waals surface area contributed by atoms with E-state index in [-0.39, 0.29) is 11.8 Å². The number of hydrogen-bond donors (Lipinski definition) is 1. The Bertz CT molecular complexity index is 537. The number of hydrogen-bond acceptors (Lipinski definition) is 3. The third-order valence-corrected chi connectivity index (χ3v) is 2.89. The van der Waals surface area contributed by atoms with Crippen molar-refractivity contribution in [3.05, 3.63) is 53.5 Å². The minimum atomic E-state index is -2.81. The van der Waals surface area contributed by atoms with E-state index in [9.17, 15) is 8.78 Å². The Hall–Kier alpha value is -1.88. The van der Waals surface area contributed by atoms with E-state index in [2.05, 4.69) is 10.1 Å². The van der Waals surface area contributed by atoms with E-state index >= 15 is 0 Å². The first kappa shape index (κ1) is 14.5. The summed E-state index contributed by atoms with van der Waals surface area (Å²) in [5, 5.41) is 3.31. The van der Waals surface area contributed by atoms with Crippen LogP contribution in [0.4, 0.5) is 8.78 Å². The van der Waals surface area contributed by atoms with Gasteiger partial charge in [-0.1, -0.05) is 19.1 Å². The molecule has 1 atom stereocenters. The summed E-state index contributed by atoms with van der Waals surface area (Å²) in [7, 11) is 0. The van der Waals surface area contributed by atoms with E-state index in [0.717, 1.165) is 23.6 Å². The van der Waals surface area contributed by atoms with Crippen LogP contribution in [0.3, 0.4) is 0 Å². The molecule has 1 N–H and O–H groups in total. The van der Waals surface area contributed by atoms with E-state index in [1.165, 1.54) is 12.1 Å². The summed E-state index contributed by atoms with van der Waals surface area (Å²) >= 11 is 0. The van der Waals surface area contributed by atoms with Crippen LogP contribution in [-0.2, 0) is 0 Å². The molecule has 0 aliphatic carbocycles. The maximum atomic E-state index is 12.1. The Labute approximate surface area is 116 Å². The minimum absolute atomic E-state index is 0.103. The molecule has 1 unspecified atom stereocenters. The van der Waals surface area contributed by atoms with Gasteiger partial charge in [-0.2, -0.15) is 8.78 Å². The third-order valence-electron chi connectivity index (χ3n) is 2.89. The van der Waals surface area contributed by atoms with Gasteiger partial charge in [0.2, 0.25) is 0 Å². The standard InChI is InChI=1S/C15H17F2NO2/c1-3-18-14(13-9-4-10(2)19-13)11-5-7-12(8-6-11)20-15(16)17/h4-9,14-15,18H,3H2,1-2H3. The summed E-state index contributed by atoms with van der Waals surface area (Å²) in [5.41, 5.74) is 0.933. The van der Waals surface area contributed by atoms with Crippen molar-refractivity contribution < 1.29 is 17.9 Å². The van der Waals surface area contributed by atoms with Gasteiger partial charge in [0.05, 0.1) is 6.04 Å². The Morgan fingerprint density at radius 1 is 1.15 bits per heavy atom. The van der Waals surface area contributed by atoms with Gasteiger partial charge in [0.15, 0.2) is 0 Å². The Morgan fingerprint density at radius 2 is 1.85 bits per heavy atom. The fourth-order valence-electron chi connectivity index (χ4n) is 2.04. The van der Waals surface area contributed by atoms with E-state index in [1.807, 2.05) is 26.0 Å². The molecule has 0 fully saturated rings. The van der Waals surface area contributed by atoms with E-state index in [4.69, 9.17) is 4.42 Å². The van der Waals surface area contributed by atoms with E-state index in [1.54, 1.807) is 12.1 Å². The molecule has 108 valence electrons. The number of ether oxygens (including phenoxy) is 1. The quantitative estimate of drug-likeness (QED) is 0.872. The highest BCUT2D eigenvalue weighted by Crippen LogP contribution is 2.26. The molecule has 1 heterocycles. The Kier molecular flexibility index (Phi) is 4.74. The molecule has 1 aromatic heterocycles. The average Bonchev–Trinajstić information content (AvgIpc) is 2.83. The van der Waals surface area contributed by atoms with Crippen molar-refractivity contribution in [1.29, 1.82) is 0 Å². The van der Waals surface area contributed by atoms with Crippen molar-refractivity contribution in [3.63, 3.8) is 0 Å². The zero-order chi connectivity index (χ0) is 14.5. The summed E-state index contributed by atoms with van der Waals surface area (Å²) < 4.78 is 34.2. The van der Waals surface area contributed by atoms with Crippen LogP contribution in [0, 0.1) is 6.92 Å². The fraction of sp³-hybridized carbons (Fsp3) is 0.333. The summed E-state index contributed by atoms with van der Waals surface area (Å²) in [5.74, 6) is 1.78. The highest BCUT2D eigenvalue weighted by Gasteiger charge is 2.16. The monoisotopic (exact) mass is 281 g/mol. The highest BCUT2D eigenvalue weighted by atomic mass is 19.3. The smallest absolute Gasteiger partial charge is 0.387 e. The van der Waals surface area contributed by atoms with Gasteiger partial charge in [0.1, 0.15) is 17.3 Å². The van der Waals surface area contributed by atoms with Gasteiger partial charge in [0.25, 0.3) is 0 Å². The predicted octanol–water partition coefficient (Wildman–Crippen LogP) is 3.89. The van der Waals surface area contributed by atoms with Crippen LogP contribution >= 0.6 is 0 Å². The molecule has 3 nitrogen and oxygen atoms in total. The summed E-state index contributed by atoms with van der Waals surface area (Å²) in [6, 6.07) is 10.3. The minimum Gasteiger partial charge on any atom is -0.464 e. The van der Waals surface area contributed by atoms with Crippen molar-refractivity contribution in [2.75, 3.05) is 6.54 Å². The molecule has 0 spiro atoms. The first-order valence-electron chi connectivity index (χ1n) is 6.44. The second-order valence-electron chi connectivity index (χ2n) is 4.39. The van der Waals surface area contributed by atoms with Crippen LogP contribution in [0.25, 0.3) is 0 Å². The molecule has 0 saturated heterocycles. The third kappa shape index (κ3) is 3.57. The SMILES string of the molecule is CCNC(c1ccc(OC(F)F)cc1)c1ccc(C)o1. The van der Waals surface area contributed by atoms with Gasteiger partial charge in [-0.3, -0.25) is 0 Å². The van der Waals surface area contributed by atoms with Gasteiger partial charge in [-0.05, 0) is 43.3 Å². The van der Waals surface area contributed by atoms with Gasteiger partial charge >= 0.3 is 6.61 Å². The second kappa shape index (κ2) is 6.52. The number of benzene rings is 1. The van der Waals surface area contributed by atoms with Gasteiger partial charge in [-0.15, -0.1) is 0 Å². The largest absolute Gasteiger partial charge is 0.464 e. The first-order chi connectivity index (χ1) is 9.60. The number of furan rings is 1. The van der Waals surface area contributed by atoms with E-state index < -0.39 is 6.61 Å². The second-order valence-corrected chi connectivity index (χ2v) is 4.39. The van der Waals surface area contributed by atoms with Crippen LogP contribution < -0.4 is 10.1 Å². The Morgan fingerprint density at radius 3 is 2.35 bits per heavy atom. The molecule has 0 aliphatic rings. The number of halogens is 2. The van der Waals surface area contributed by atoms with Gasteiger partial charge in [-0.25, -0.2) is 0 Å². The van der Waals surface area contributed by atoms with Crippen molar-refractivity contribution in [2.24, 2.45) is 0 Å². The maximum absolute atomic E-state index is 12.1. The maximum Gasteiger partial charge on any atom is 0.387 e.